The number of hydrogen-bond acceptors (Lipinski definition) is 4. The van der Waals surface area contributed by atoms with Gasteiger partial charge in [0.05, 0.1) is 6.61 Å². The first kappa shape index (κ1) is 13.0. The molecule has 1 heterocycles. The van der Waals surface area contributed by atoms with Crippen LogP contribution in [0.15, 0.2) is 0 Å². The molecule has 1 aliphatic rings. The topological polar surface area (TPSA) is 81.9 Å². The average Bonchev–Trinajstić information content (AvgIpc) is 3.02. The number of esters is 1. The van der Waals surface area contributed by atoms with Crippen molar-refractivity contribution < 1.29 is 19.1 Å². The van der Waals surface area contributed by atoms with Crippen molar-refractivity contribution in [2.45, 2.75) is 51.2 Å². The van der Waals surface area contributed by atoms with Gasteiger partial charge in [0.1, 0.15) is 0 Å². The molecule has 2 N–H and O–H groups in total. The van der Waals surface area contributed by atoms with Gasteiger partial charge in [-0.2, -0.15) is 0 Å². The van der Waals surface area contributed by atoms with E-state index in [1.54, 1.807) is 0 Å². The predicted molar refractivity (Wildman–Crippen MR) is 57.6 cm³/mol. The van der Waals surface area contributed by atoms with Crippen molar-refractivity contribution in [3.05, 3.63) is 0 Å². The molecule has 16 heavy (non-hydrogen) atoms. The molecule has 0 aromatic carbocycles. The Morgan fingerprint density at radius 2 is 1.88 bits per heavy atom. The smallest absolute Gasteiger partial charge is 0.338 e. The van der Waals surface area contributed by atoms with E-state index in [0.717, 1.165) is 19.3 Å². The van der Waals surface area contributed by atoms with Crippen LogP contribution in [0.25, 0.3) is 0 Å². The van der Waals surface area contributed by atoms with Crippen LogP contribution in [0.5, 0.6) is 0 Å². The number of primary amides is 1. The number of carbonyl (C=O) groups is 2. The fraction of sp³-hybridized carbons (Fsp3) is 0.818. The van der Waals surface area contributed by atoms with E-state index in [4.69, 9.17) is 15.2 Å². The standard InChI is InChI=1S/C11H19NO4/c1-2-3-4-5-6-7-15-11(14)9-8(16-9)10(12)13/h8-9H,2-7H2,1H3,(H2,12,13)/t8-,9+/m1/s1. The lowest BCUT2D eigenvalue weighted by Crippen LogP contribution is -2.24. The summed E-state index contributed by atoms with van der Waals surface area (Å²) < 4.78 is 9.74. The molecule has 0 aromatic rings. The van der Waals surface area contributed by atoms with Crippen molar-refractivity contribution in [1.82, 2.24) is 0 Å². The lowest BCUT2D eigenvalue weighted by Gasteiger charge is -2.02. The summed E-state index contributed by atoms with van der Waals surface area (Å²) in [5.74, 6) is -1.08. The summed E-state index contributed by atoms with van der Waals surface area (Å²) in [4.78, 5) is 21.9. The molecule has 1 amide bonds. The summed E-state index contributed by atoms with van der Waals surface area (Å²) in [7, 11) is 0. The van der Waals surface area contributed by atoms with Gasteiger partial charge in [0.2, 0.25) is 5.91 Å². The molecule has 2 atom stereocenters. The third-order valence-corrected chi connectivity index (χ3v) is 2.50. The van der Waals surface area contributed by atoms with Gasteiger partial charge in [-0.05, 0) is 6.42 Å². The molecular weight excluding hydrogens is 210 g/mol. The lowest BCUT2D eigenvalue weighted by atomic mass is 10.2. The third kappa shape index (κ3) is 4.18. The summed E-state index contributed by atoms with van der Waals surface area (Å²) >= 11 is 0. The van der Waals surface area contributed by atoms with Crippen molar-refractivity contribution in [3.63, 3.8) is 0 Å². The van der Waals surface area contributed by atoms with Gasteiger partial charge in [-0.3, -0.25) is 4.79 Å². The molecule has 0 unspecified atom stereocenters. The van der Waals surface area contributed by atoms with Gasteiger partial charge in [-0.15, -0.1) is 0 Å². The molecule has 1 fully saturated rings. The molecule has 5 heteroatoms. The monoisotopic (exact) mass is 229 g/mol. The Morgan fingerprint density at radius 3 is 2.44 bits per heavy atom. The van der Waals surface area contributed by atoms with Crippen molar-refractivity contribution in [2.75, 3.05) is 6.61 Å². The fourth-order valence-electron chi connectivity index (χ4n) is 1.47. The van der Waals surface area contributed by atoms with Gasteiger partial charge in [-0.25, -0.2) is 4.79 Å². The summed E-state index contributed by atoms with van der Waals surface area (Å²) in [6, 6.07) is 0. The van der Waals surface area contributed by atoms with Crippen LogP contribution in [0.3, 0.4) is 0 Å². The molecule has 0 spiro atoms. The quantitative estimate of drug-likeness (QED) is 0.378. The average molecular weight is 229 g/mol. The van der Waals surface area contributed by atoms with Crippen LogP contribution in [-0.4, -0.2) is 30.7 Å². The van der Waals surface area contributed by atoms with Gasteiger partial charge < -0.3 is 15.2 Å². The first-order valence-electron chi connectivity index (χ1n) is 5.78. The van der Waals surface area contributed by atoms with Crippen molar-refractivity contribution in [1.29, 1.82) is 0 Å². The molecule has 5 nitrogen and oxygen atoms in total. The molecular formula is C11H19NO4. The maximum Gasteiger partial charge on any atom is 0.338 e. The largest absolute Gasteiger partial charge is 0.464 e. The zero-order valence-corrected chi connectivity index (χ0v) is 9.61. The van der Waals surface area contributed by atoms with Crippen LogP contribution in [0.4, 0.5) is 0 Å². The van der Waals surface area contributed by atoms with Gasteiger partial charge in [-0.1, -0.05) is 32.6 Å². The van der Waals surface area contributed by atoms with Crippen LogP contribution in [0.2, 0.25) is 0 Å². The minimum atomic E-state index is -0.771. The second-order valence-corrected chi connectivity index (χ2v) is 3.96. The third-order valence-electron chi connectivity index (χ3n) is 2.50. The molecule has 1 aliphatic heterocycles. The second-order valence-electron chi connectivity index (χ2n) is 3.96. The number of hydrogen-bond donors (Lipinski definition) is 1. The molecule has 1 rings (SSSR count). The summed E-state index contributed by atoms with van der Waals surface area (Å²) in [5.41, 5.74) is 4.96. The van der Waals surface area contributed by atoms with Crippen LogP contribution < -0.4 is 5.73 Å². The Labute approximate surface area is 95.3 Å². The number of unbranched alkanes of at least 4 members (excludes halogenated alkanes) is 4. The molecule has 0 aromatic heterocycles. The molecule has 0 bridgehead atoms. The Bertz CT molecular complexity index is 254. The van der Waals surface area contributed by atoms with Gasteiger partial charge in [0, 0.05) is 0 Å². The summed E-state index contributed by atoms with van der Waals surface area (Å²) in [5, 5.41) is 0. The van der Waals surface area contributed by atoms with Gasteiger partial charge in [0.25, 0.3) is 0 Å². The normalized spacial score (nSPS) is 22.8. The van der Waals surface area contributed by atoms with Gasteiger partial charge >= 0.3 is 5.97 Å². The van der Waals surface area contributed by atoms with Gasteiger partial charge in [0.15, 0.2) is 12.2 Å². The number of ether oxygens (including phenoxy) is 2. The molecule has 0 saturated carbocycles. The highest BCUT2D eigenvalue weighted by molar-refractivity contribution is 5.91. The van der Waals surface area contributed by atoms with Crippen LogP contribution >= 0.6 is 0 Å². The molecule has 0 aliphatic carbocycles. The lowest BCUT2D eigenvalue weighted by molar-refractivity contribution is -0.145. The summed E-state index contributed by atoms with van der Waals surface area (Å²) in [6.07, 6.45) is 3.96. The maximum atomic E-state index is 11.3. The number of amides is 1. The highest BCUT2D eigenvalue weighted by atomic mass is 16.6. The van der Waals surface area contributed by atoms with Crippen LogP contribution in [0.1, 0.15) is 39.0 Å². The minimum Gasteiger partial charge on any atom is -0.464 e. The molecule has 1 saturated heterocycles. The van der Waals surface area contributed by atoms with E-state index in [1.165, 1.54) is 12.8 Å². The van der Waals surface area contributed by atoms with E-state index < -0.39 is 24.1 Å². The van der Waals surface area contributed by atoms with Crippen molar-refractivity contribution in [3.8, 4) is 0 Å². The van der Waals surface area contributed by atoms with Crippen LogP contribution in [-0.2, 0) is 19.1 Å². The Kier molecular flexibility index (Phi) is 5.25. The van der Waals surface area contributed by atoms with E-state index >= 15 is 0 Å². The Morgan fingerprint density at radius 1 is 1.19 bits per heavy atom. The summed E-state index contributed by atoms with van der Waals surface area (Å²) in [6.45, 7) is 2.54. The van der Waals surface area contributed by atoms with E-state index in [1.807, 2.05) is 0 Å². The van der Waals surface area contributed by atoms with Crippen molar-refractivity contribution in [2.24, 2.45) is 5.73 Å². The number of nitrogens with two attached hydrogens (primary N) is 1. The predicted octanol–water partition coefficient (Wildman–Crippen LogP) is 0.753. The first-order chi connectivity index (χ1) is 7.66. The first-order valence-corrected chi connectivity index (χ1v) is 5.78. The zero-order valence-electron chi connectivity index (χ0n) is 9.61. The highest BCUT2D eigenvalue weighted by Gasteiger charge is 2.50. The maximum absolute atomic E-state index is 11.3. The van der Waals surface area contributed by atoms with Crippen LogP contribution in [0, 0.1) is 0 Å². The fourth-order valence-corrected chi connectivity index (χ4v) is 1.47. The number of carbonyl (C=O) groups excluding carboxylic acids is 2. The highest BCUT2D eigenvalue weighted by Crippen LogP contribution is 2.22. The minimum absolute atomic E-state index is 0.397. The van der Waals surface area contributed by atoms with E-state index in [0.29, 0.717) is 6.61 Å². The second kappa shape index (κ2) is 6.48. The van der Waals surface area contributed by atoms with E-state index in [-0.39, 0.29) is 0 Å². The molecule has 0 radical (unpaired) electrons. The Hall–Kier alpha value is -1.10. The molecule has 92 valence electrons. The van der Waals surface area contributed by atoms with E-state index in [9.17, 15) is 9.59 Å². The SMILES string of the molecule is CCCCCCCOC(=O)[C@H]1O[C@H]1C(N)=O. The zero-order chi connectivity index (χ0) is 12.0. The Balaban J connectivity index is 1.98. The number of epoxide rings is 1. The van der Waals surface area contributed by atoms with Crippen molar-refractivity contribution >= 4 is 11.9 Å². The number of rotatable bonds is 8. The van der Waals surface area contributed by atoms with E-state index in [2.05, 4.69) is 6.92 Å².